The molecular weight excluding hydrogens is 577 g/mol. The number of nitrogens with zero attached hydrogens (tertiary/aromatic N) is 6. The lowest BCUT2D eigenvalue weighted by Crippen LogP contribution is -2.58. The quantitative estimate of drug-likeness (QED) is 0.284. The van der Waals surface area contributed by atoms with Crippen molar-refractivity contribution in [3.63, 3.8) is 0 Å². The van der Waals surface area contributed by atoms with Crippen LogP contribution in [-0.2, 0) is 20.4 Å². The van der Waals surface area contributed by atoms with Crippen LogP contribution >= 0.6 is 0 Å². The summed E-state index contributed by atoms with van der Waals surface area (Å²) >= 11 is 0. The standard InChI is InChI=1S/C29H34FN7O5S/c1-15(2)36-21-10-17(9-19(30)25(21)34-27(36)29(4,5)39)24-16(3)12-32-28(35-24)33-20-11-23-37(22(14-42-23)26(20)38)43(40,41)18-7-6-8-31-13-18/h6-10,12-13,15,20,22-23,26,38-39H,11,14H2,1-5H3,(H,32,33,35)/t20-,22+,23-,26?/m1/s1. The van der Waals surface area contributed by atoms with Gasteiger partial charge in [-0.2, -0.15) is 4.31 Å². The number of aliphatic hydroxyl groups excluding tert-OH is 1. The summed E-state index contributed by atoms with van der Waals surface area (Å²) in [5.74, 6) is 0.0111. The number of ether oxygens (including phenoxy) is 1. The van der Waals surface area contributed by atoms with Crippen molar-refractivity contribution in [2.75, 3.05) is 11.9 Å². The molecule has 43 heavy (non-hydrogen) atoms. The highest BCUT2D eigenvalue weighted by atomic mass is 32.2. The molecule has 5 heterocycles. The largest absolute Gasteiger partial charge is 0.389 e. The molecule has 2 aliphatic heterocycles. The van der Waals surface area contributed by atoms with E-state index in [4.69, 9.17) is 4.74 Å². The van der Waals surface area contributed by atoms with Crippen LogP contribution in [0.15, 0.2) is 47.8 Å². The SMILES string of the molecule is Cc1cnc(N[C@@H]2C[C@H]3OC[C@@H](C2O)N3S(=O)(=O)c2cccnc2)nc1-c1cc(F)c2nc(C(C)(C)O)n(C(C)C)c2c1. The molecule has 4 atom stereocenters. The van der Waals surface area contributed by atoms with E-state index in [1.165, 1.54) is 28.8 Å². The highest BCUT2D eigenvalue weighted by Gasteiger charge is 2.53. The fourth-order valence-corrected chi connectivity index (χ4v) is 7.61. The van der Waals surface area contributed by atoms with Gasteiger partial charge in [-0.1, -0.05) is 0 Å². The third-order valence-electron chi connectivity index (χ3n) is 7.91. The fourth-order valence-electron chi connectivity index (χ4n) is 5.93. The number of rotatable bonds is 7. The molecule has 2 fully saturated rings. The van der Waals surface area contributed by atoms with E-state index in [1.807, 2.05) is 25.3 Å². The number of aryl methyl sites for hydroxylation is 1. The van der Waals surface area contributed by atoms with E-state index in [1.54, 1.807) is 32.2 Å². The molecule has 0 aliphatic carbocycles. The number of piperidine rings is 1. The lowest BCUT2D eigenvalue weighted by atomic mass is 9.97. The predicted octanol–water partition coefficient (Wildman–Crippen LogP) is 3.11. The van der Waals surface area contributed by atoms with Crippen molar-refractivity contribution in [3.8, 4) is 11.3 Å². The van der Waals surface area contributed by atoms with Crippen LogP contribution in [0.1, 0.15) is 51.5 Å². The summed E-state index contributed by atoms with van der Waals surface area (Å²) < 4.78 is 50.9. The molecule has 0 amide bonds. The van der Waals surface area contributed by atoms with Gasteiger partial charge in [0.05, 0.1) is 36.0 Å². The first-order chi connectivity index (χ1) is 20.3. The van der Waals surface area contributed by atoms with Gasteiger partial charge >= 0.3 is 0 Å². The number of sulfonamides is 1. The Bertz CT molecular complexity index is 1790. The van der Waals surface area contributed by atoms with Crippen LogP contribution in [-0.4, -0.2) is 78.5 Å². The number of halogens is 1. The van der Waals surface area contributed by atoms with Gasteiger partial charge in [-0.05, 0) is 64.4 Å². The minimum atomic E-state index is -3.95. The lowest BCUT2D eigenvalue weighted by Gasteiger charge is -2.39. The molecule has 1 aromatic carbocycles. The van der Waals surface area contributed by atoms with Crippen molar-refractivity contribution >= 4 is 27.0 Å². The minimum absolute atomic E-state index is 0.0262. The van der Waals surface area contributed by atoms with Crippen LogP contribution in [0.4, 0.5) is 10.3 Å². The number of anilines is 1. The van der Waals surface area contributed by atoms with Gasteiger partial charge in [-0.25, -0.2) is 27.8 Å². The van der Waals surface area contributed by atoms with Crippen LogP contribution in [0, 0.1) is 12.7 Å². The summed E-state index contributed by atoms with van der Waals surface area (Å²) in [5, 5.41) is 25.1. The van der Waals surface area contributed by atoms with Crippen molar-refractivity contribution in [2.24, 2.45) is 0 Å². The Morgan fingerprint density at radius 1 is 1.21 bits per heavy atom. The van der Waals surface area contributed by atoms with E-state index in [-0.39, 0.29) is 35.4 Å². The molecule has 14 heteroatoms. The highest BCUT2D eigenvalue weighted by Crippen LogP contribution is 2.37. The molecule has 2 bridgehead atoms. The first kappa shape index (κ1) is 29.5. The van der Waals surface area contributed by atoms with Crippen molar-refractivity contribution < 1.29 is 27.8 Å². The molecule has 12 nitrogen and oxygen atoms in total. The van der Waals surface area contributed by atoms with Crippen molar-refractivity contribution in [2.45, 2.75) is 82.0 Å². The number of aliphatic hydroxyl groups is 2. The van der Waals surface area contributed by atoms with Crippen molar-refractivity contribution in [1.82, 2.24) is 28.8 Å². The molecule has 6 rings (SSSR count). The summed E-state index contributed by atoms with van der Waals surface area (Å²) in [4.78, 5) is 17.4. The third kappa shape index (κ3) is 5.06. The molecule has 2 aliphatic rings. The van der Waals surface area contributed by atoms with Crippen LogP contribution in [0.2, 0.25) is 0 Å². The summed E-state index contributed by atoms with van der Waals surface area (Å²) in [7, 11) is -3.95. The Balaban J connectivity index is 1.31. The molecule has 1 unspecified atom stereocenters. The van der Waals surface area contributed by atoms with Gasteiger partial charge in [0.15, 0.2) is 5.82 Å². The van der Waals surface area contributed by atoms with Gasteiger partial charge in [0.2, 0.25) is 16.0 Å². The number of nitrogens with one attached hydrogen (secondary N) is 1. The number of pyridine rings is 1. The van der Waals surface area contributed by atoms with Gasteiger partial charge in [0.1, 0.15) is 28.1 Å². The maximum absolute atomic E-state index is 15.5. The monoisotopic (exact) mass is 611 g/mol. The number of hydrogen-bond acceptors (Lipinski definition) is 10. The highest BCUT2D eigenvalue weighted by molar-refractivity contribution is 7.89. The number of imidazole rings is 1. The minimum Gasteiger partial charge on any atom is -0.389 e. The Kier molecular flexibility index (Phi) is 7.25. The van der Waals surface area contributed by atoms with Gasteiger partial charge in [0, 0.05) is 36.6 Å². The number of hydrogen-bond donors (Lipinski definition) is 3. The Morgan fingerprint density at radius 2 is 1.98 bits per heavy atom. The maximum atomic E-state index is 15.5. The first-order valence-corrected chi connectivity index (χ1v) is 15.5. The smallest absolute Gasteiger partial charge is 0.247 e. The summed E-state index contributed by atoms with van der Waals surface area (Å²) in [6, 6.07) is 4.63. The van der Waals surface area contributed by atoms with Crippen LogP contribution in [0.5, 0.6) is 0 Å². The van der Waals surface area contributed by atoms with E-state index in [0.29, 0.717) is 28.2 Å². The van der Waals surface area contributed by atoms with Crippen LogP contribution < -0.4 is 5.32 Å². The fraction of sp³-hybridized carbons (Fsp3) is 0.448. The molecule has 4 aromatic rings. The lowest BCUT2D eigenvalue weighted by molar-refractivity contribution is 0.0129. The Labute approximate surface area is 248 Å². The normalized spacial score (nSPS) is 22.9. The van der Waals surface area contributed by atoms with Crippen molar-refractivity contribution in [1.29, 1.82) is 0 Å². The van der Waals surface area contributed by atoms with Gasteiger partial charge in [0.25, 0.3) is 0 Å². The average molecular weight is 612 g/mol. The zero-order valence-electron chi connectivity index (χ0n) is 24.4. The zero-order valence-corrected chi connectivity index (χ0v) is 25.2. The second kappa shape index (κ2) is 10.6. The molecule has 2 saturated heterocycles. The first-order valence-electron chi connectivity index (χ1n) is 14.1. The molecule has 228 valence electrons. The van der Waals surface area contributed by atoms with E-state index in [9.17, 15) is 18.6 Å². The van der Waals surface area contributed by atoms with Gasteiger partial charge in [-0.3, -0.25) is 4.98 Å². The second-order valence-corrected chi connectivity index (χ2v) is 13.7. The average Bonchev–Trinajstić information content (AvgIpc) is 3.53. The van der Waals surface area contributed by atoms with E-state index < -0.39 is 45.9 Å². The van der Waals surface area contributed by atoms with Gasteiger partial charge in [-0.15, -0.1) is 0 Å². The maximum Gasteiger partial charge on any atom is 0.247 e. The van der Waals surface area contributed by atoms with Crippen molar-refractivity contribution in [3.05, 3.63) is 60.1 Å². The van der Waals surface area contributed by atoms with E-state index >= 15 is 4.39 Å². The zero-order chi connectivity index (χ0) is 30.8. The molecule has 0 radical (unpaired) electrons. The number of aromatic nitrogens is 5. The molecular formula is C29H34FN7O5S. The van der Waals surface area contributed by atoms with Crippen LogP contribution in [0.25, 0.3) is 22.3 Å². The topological polar surface area (TPSA) is 156 Å². The summed E-state index contributed by atoms with van der Waals surface area (Å²) in [6.45, 7) is 8.96. The molecule has 0 saturated carbocycles. The van der Waals surface area contributed by atoms with E-state index in [0.717, 1.165) is 0 Å². The number of benzene rings is 1. The van der Waals surface area contributed by atoms with Gasteiger partial charge < -0.3 is 24.8 Å². The molecule has 3 aromatic heterocycles. The number of fused-ring (bicyclic) bond motifs is 3. The molecule has 0 spiro atoms. The predicted molar refractivity (Wildman–Crippen MR) is 156 cm³/mol. The Hall–Kier alpha value is -3.56. The molecule has 3 N–H and O–H groups in total. The van der Waals surface area contributed by atoms with E-state index in [2.05, 4.69) is 25.3 Å². The summed E-state index contributed by atoms with van der Waals surface area (Å²) in [5.41, 5.74) is 1.08. The summed E-state index contributed by atoms with van der Waals surface area (Å²) in [6.07, 6.45) is 2.61. The van der Waals surface area contributed by atoms with Crippen LogP contribution in [0.3, 0.4) is 0 Å². The third-order valence-corrected chi connectivity index (χ3v) is 9.81. The second-order valence-electron chi connectivity index (χ2n) is 11.9. The Morgan fingerprint density at radius 3 is 2.65 bits per heavy atom.